The number of amides is 4. The number of benzene rings is 1. The van der Waals surface area contributed by atoms with Crippen LogP contribution in [0, 0.1) is 18.8 Å². The lowest BCUT2D eigenvalue weighted by Crippen LogP contribution is -2.56. The normalized spacial score (nSPS) is 19.8. The molecule has 56 heavy (non-hydrogen) atoms. The highest BCUT2D eigenvalue weighted by Gasteiger charge is 2.38. The van der Waals surface area contributed by atoms with Gasteiger partial charge in [-0.15, -0.1) is 0 Å². The van der Waals surface area contributed by atoms with Crippen molar-refractivity contribution in [3.8, 4) is 0 Å². The number of piperidine rings is 2. The first-order chi connectivity index (χ1) is 27.3. The maximum absolute atomic E-state index is 14.6. The van der Waals surface area contributed by atoms with Crippen molar-refractivity contribution in [3.63, 3.8) is 0 Å². The number of rotatable bonds is 11. The third-order valence-electron chi connectivity index (χ3n) is 12.5. The van der Waals surface area contributed by atoms with Gasteiger partial charge in [-0.25, -0.2) is 0 Å². The fourth-order valence-electron chi connectivity index (χ4n) is 9.33. The minimum atomic E-state index is -0.671. The van der Waals surface area contributed by atoms with Crippen molar-refractivity contribution in [1.29, 1.82) is 0 Å². The minimum Gasteiger partial charge on any atom is -0.368 e. The molecule has 5 aliphatic rings. The van der Waals surface area contributed by atoms with Crippen LogP contribution in [-0.4, -0.2) is 114 Å². The van der Waals surface area contributed by atoms with Crippen LogP contribution in [0.25, 0.3) is 0 Å². The van der Waals surface area contributed by atoms with Gasteiger partial charge in [-0.3, -0.25) is 34.1 Å². The molecule has 294 valence electrons. The van der Waals surface area contributed by atoms with Gasteiger partial charge < -0.3 is 30.2 Å². The zero-order valence-electron chi connectivity index (χ0n) is 32.4. The van der Waals surface area contributed by atoms with E-state index in [9.17, 15) is 19.2 Å². The van der Waals surface area contributed by atoms with Gasteiger partial charge in [0.15, 0.2) is 0 Å². The van der Waals surface area contributed by atoms with Gasteiger partial charge in [0.2, 0.25) is 23.6 Å². The summed E-state index contributed by atoms with van der Waals surface area (Å²) < 4.78 is 0. The molecule has 13 heteroatoms. The second-order valence-electron chi connectivity index (χ2n) is 16.1. The topological polar surface area (TPSA) is 143 Å². The number of hydrogen-bond acceptors (Lipinski definition) is 9. The highest BCUT2D eigenvalue weighted by atomic mass is 16.2. The molecule has 3 aromatic rings. The van der Waals surface area contributed by atoms with Gasteiger partial charge in [0.05, 0.1) is 30.3 Å². The highest BCUT2D eigenvalue weighted by molar-refractivity contribution is 6.01. The van der Waals surface area contributed by atoms with E-state index in [1.54, 1.807) is 18.6 Å². The first-order valence-electron chi connectivity index (χ1n) is 20.4. The predicted molar refractivity (Wildman–Crippen MR) is 214 cm³/mol. The number of pyridine rings is 2. The lowest BCUT2D eigenvalue weighted by Gasteiger charge is -2.38. The number of nitrogens with one attached hydrogen (secondary N) is 2. The highest BCUT2D eigenvalue weighted by Crippen LogP contribution is 2.33. The Kier molecular flexibility index (Phi) is 11.4. The second-order valence-corrected chi connectivity index (χ2v) is 16.1. The molecule has 3 fully saturated rings. The first kappa shape index (κ1) is 37.7. The van der Waals surface area contributed by atoms with Gasteiger partial charge in [0.25, 0.3) is 0 Å². The van der Waals surface area contributed by atoms with E-state index in [0.717, 1.165) is 59.7 Å². The summed E-state index contributed by atoms with van der Waals surface area (Å²) in [5.41, 5.74) is 7.13. The van der Waals surface area contributed by atoms with Crippen LogP contribution in [0.3, 0.4) is 0 Å². The van der Waals surface area contributed by atoms with Crippen LogP contribution in [0.1, 0.15) is 66.5 Å². The molecule has 0 spiro atoms. The molecule has 0 unspecified atom stereocenters. The SMILES string of the molecule is Cc1cc(C[C@@H](CC(=O)N2CCC(N3C(=O)Cc4ncccc43)CC2)C(=O)N[C@@H](CC2CCNCC2)C(=O)N2CCN(c3ccncc3)CC2)cc2c1CN=C2. The summed E-state index contributed by atoms with van der Waals surface area (Å²) in [5.74, 6) is -0.675. The molecule has 2 atom stereocenters. The molecule has 0 aliphatic carbocycles. The zero-order chi connectivity index (χ0) is 38.6. The van der Waals surface area contributed by atoms with Gasteiger partial charge in [0, 0.05) is 82.2 Å². The Bertz CT molecular complexity index is 1950. The summed E-state index contributed by atoms with van der Waals surface area (Å²) in [6.45, 7) is 8.08. The van der Waals surface area contributed by atoms with Gasteiger partial charge in [0.1, 0.15) is 6.04 Å². The van der Waals surface area contributed by atoms with Crippen molar-refractivity contribution in [3.05, 3.63) is 82.9 Å². The molecule has 2 N–H and O–H groups in total. The number of anilines is 2. The molecule has 3 saturated heterocycles. The van der Waals surface area contributed by atoms with Crippen molar-refractivity contribution in [2.75, 3.05) is 62.2 Å². The number of fused-ring (bicyclic) bond motifs is 2. The van der Waals surface area contributed by atoms with Crippen LogP contribution in [0.2, 0.25) is 0 Å². The molecule has 8 rings (SSSR count). The predicted octanol–water partition coefficient (Wildman–Crippen LogP) is 3.07. The zero-order valence-corrected chi connectivity index (χ0v) is 32.4. The standard InChI is InChI=1S/C43H53N9O4/c1-29-21-31(23-33-27-46-28-36(29)33)22-32(25-40(53)50-15-8-35(9-16-50)52-39-3-2-10-47-37(39)26-41(52)54)42(55)48-38(24-30-4-11-44-12-5-30)43(56)51-19-17-49(18-20-51)34-6-13-45-14-7-34/h2-3,6-7,10,13-14,21,23,27,30,32,35,38,44H,4-5,8-9,11-12,15-20,22,24-26,28H2,1H3,(H,48,55)/t32-,38-/m0/s1. The first-order valence-corrected chi connectivity index (χ1v) is 20.4. The smallest absolute Gasteiger partial charge is 0.245 e. The van der Waals surface area contributed by atoms with Crippen LogP contribution in [0.5, 0.6) is 0 Å². The number of aliphatic imine (C=N–C) groups is 1. The number of aryl methyl sites for hydroxylation is 1. The van der Waals surface area contributed by atoms with Crippen molar-refractivity contribution >= 4 is 41.2 Å². The Morgan fingerprint density at radius 1 is 0.929 bits per heavy atom. The summed E-state index contributed by atoms with van der Waals surface area (Å²) in [6.07, 6.45) is 11.7. The van der Waals surface area contributed by atoms with E-state index in [-0.39, 0.29) is 36.1 Å². The van der Waals surface area contributed by atoms with E-state index in [1.165, 1.54) is 5.56 Å². The van der Waals surface area contributed by atoms with Crippen molar-refractivity contribution in [2.45, 2.75) is 76.9 Å². The number of carbonyl (C=O) groups is 4. The van der Waals surface area contributed by atoms with Crippen molar-refractivity contribution in [2.24, 2.45) is 16.8 Å². The second kappa shape index (κ2) is 16.9. The molecular weight excluding hydrogens is 707 g/mol. The van der Waals surface area contributed by atoms with Gasteiger partial charge in [-0.05, 0) is 117 Å². The van der Waals surface area contributed by atoms with Gasteiger partial charge in [-0.2, -0.15) is 0 Å². The largest absolute Gasteiger partial charge is 0.368 e. The molecule has 0 bridgehead atoms. The monoisotopic (exact) mass is 759 g/mol. The van der Waals surface area contributed by atoms with Gasteiger partial charge >= 0.3 is 0 Å². The quantitative estimate of drug-likeness (QED) is 0.304. The average molecular weight is 760 g/mol. The average Bonchev–Trinajstić information content (AvgIpc) is 3.85. The van der Waals surface area contributed by atoms with Crippen LogP contribution >= 0.6 is 0 Å². The molecule has 2 aromatic heterocycles. The number of piperazine rings is 1. The lowest BCUT2D eigenvalue weighted by molar-refractivity contribution is -0.140. The summed E-state index contributed by atoms with van der Waals surface area (Å²) in [6, 6.07) is 11.3. The number of hydrogen-bond donors (Lipinski definition) is 2. The molecule has 4 amide bonds. The maximum Gasteiger partial charge on any atom is 0.245 e. The fourth-order valence-corrected chi connectivity index (χ4v) is 9.33. The van der Waals surface area contributed by atoms with Crippen molar-refractivity contribution < 1.29 is 19.2 Å². The molecule has 1 aromatic carbocycles. The summed E-state index contributed by atoms with van der Waals surface area (Å²) in [4.78, 5) is 77.0. The molecule has 7 heterocycles. The van der Waals surface area contributed by atoms with Crippen LogP contribution in [0.4, 0.5) is 11.4 Å². The lowest BCUT2D eigenvalue weighted by atomic mass is 9.88. The van der Waals surface area contributed by atoms with E-state index >= 15 is 0 Å². The molecule has 5 aliphatic heterocycles. The molecule has 13 nitrogen and oxygen atoms in total. The number of likely N-dealkylation sites (tertiary alicyclic amines) is 1. The van der Waals surface area contributed by atoms with E-state index in [1.807, 2.05) is 45.2 Å². The number of carbonyl (C=O) groups excluding carboxylic acids is 4. The Morgan fingerprint density at radius 2 is 1.70 bits per heavy atom. The maximum atomic E-state index is 14.6. The van der Waals surface area contributed by atoms with Crippen molar-refractivity contribution in [1.82, 2.24) is 30.4 Å². The van der Waals surface area contributed by atoms with E-state index < -0.39 is 12.0 Å². The Labute approximate surface area is 328 Å². The summed E-state index contributed by atoms with van der Waals surface area (Å²) in [5, 5.41) is 6.66. The van der Waals surface area contributed by atoms with E-state index in [4.69, 9.17) is 0 Å². The third-order valence-corrected chi connectivity index (χ3v) is 12.5. The molecule has 0 radical (unpaired) electrons. The van der Waals surface area contributed by atoms with Crippen LogP contribution < -0.4 is 20.4 Å². The minimum absolute atomic E-state index is 0.000439. The Balaban J connectivity index is 0.975. The summed E-state index contributed by atoms with van der Waals surface area (Å²) >= 11 is 0. The third kappa shape index (κ3) is 8.33. The molecular formula is C43H53N9O4. The fraction of sp³-hybridized carbons (Fsp3) is 0.512. The number of aromatic nitrogens is 2. The Hall–Kier alpha value is -5.17. The molecule has 0 saturated carbocycles. The van der Waals surface area contributed by atoms with Crippen LogP contribution in [-0.2, 0) is 38.6 Å². The van der Waals surface area contributed by atoms with Crippen LogP contribution in [0.15, 0.2) is 60.0 Å². The van der Waals surface area contributed by atoms with E-state index in [0.29, 0.717) is 83.8 Å². The Morgan fingerprint density at radius 3 is 2.46 bits per heavy atom. The number of nitrogens with zero attached hydrogens (tertiary/aromatic N) is 7. The van der Waals surface area contributed by atoms with Gasteiger partial charge in [-0.1, -0.05) is 6.07 Å². The summed E-state index contributed by atoms with van der Waals surface area (Å²) in [7, 11) is 0. The van der Waals surface area contributed by atoms with E-state index in [2.05, 4.69) is 49.6 Å².